The monoisotopic (exact) mass is 254 g/mol. The second kappa shape index (κ2) is 6.69. The minimum Gasteiger partial charge on any atom is -0.348 e. The Balaban J connectivity index is 1.81. The van der Waals surface area contributed by atoms with E-state index in [4.69, 9.17) is 0 Å². The zero-order valence-electron chi connectivity index (χ0n) is 11.0. The van der Waals surface area contributed by atoms with Gasteiger partial charge in [-0.05, 0) is 37.5 Å². The Morgan fingerprint density at radius 1 is 1.16 bits per heavy atom. The van der Waals surface area contributed by atoms with Crippen LogP contribution in [0, 0.1) is 0 Å². The van der Waals surface area contributed by atoms with E-state index < -0.39 is 0 Å². The fourth-order valence-electron chi connectivity index (χ4n) is 1.89. The number of rotatable bonds is 5. The number of hydrogen-bond acceptors (Lipinski definition) is 2. The summed E-state index contributed by atoms with van der Waals surface area (Å²) in [5.41, 5.74) is 1.76. The van der Waals surface area contributed by atoms with Crippen LogP contribution in [-0.4, -0.2) is 16.9 Å². The number of nitrogens with one attached hydrogen (secondary N) is 1. The Labute approximate surface area is 113 Å². The summed E-state index contributed by atoms with van der Waals surface area (Å²) < 4.78 is 0. The van der Waals surface area contributed by atoms with E-state index >= 15 is 0 Å². The minimum absolute atomic E-state index is 0.110. The fraction of sp³-hybridized carbons (Fsp3) is 0.250. The Kier molecular flexibility index (Phi) is 4.67. The van der Waals surface area contributed by atoms with Gasteiger partial charge in [0, 0.05) is 12.2 Å². The van der Waals surface area contributed by atoms with E-state index in [1.165, 1.54) is 5.56 Å². The lowest BCUT2D eigenvalue weighted by Crippen LogP contribution is -2.33. The van der Waals surface area contributed by atoms with Crippen LogP contribution >= 0.6 is 0 Å². The average Bonchev–Trinajstić information content (AvgIpc) is 2.47. The summed E-state index contributed by atoms with van der Waals surface area (Å²) in [5, 5.41) is 2.96. The summed E-state index contributed by atoms with van der Waals surface area (Å²) in [5.74, 6) is -0.110. The second-order valence-corrected chi connectivity index (χ2v) is 4.61. The first-order valence-corrected chi connectivity index (χ1v) is 6.51. The Bertz CT molecular complexity index is 511. The van der Waals surface area contributed by atoms with Crippen molar-refractivity contribution in [2.45, 2.75) is 25.8 Å². The highest BCUT2D eigenvalue weighted by molar-refractivity contribution is 5.92. The van der Waals surface area contributed by atoms with Crippen molar-refractivity contribution in [3.8, 4) is 0 Å². The van der Waals surface area contributed by atoms with Gasteiger partial charge in [-0.1, -0.05) is 36.4 Å². The molecule has 98 valence electrons. The molecule has 0 spiro atoms. The van der Waals surface area contributed by atoms with Crippen molar-refractivity contribution in [1.29, 1.82) is 0 Å². The van der Waals surface area contributed by atoms with Gasteiger partial charge in [0.15, 0.2) is 0 Å². The van der Waals surface area contributed by atoms with Gasteiger partial charge in [0.1, 0.15) is 5.69 Å². The lowest BCUT2D eigenvalue weighted by Gasteiger charge is -2.13. The van der Waals surface area contributed by atoms with Crippen molar-refractivity contribution in [1.82, 2.24) is 10.3 Å². The number of aryl methyl sites for hydroxylation is 1. The van der Waals surface area contributed by atoms with E-state index in [0.29, 0.717) is 5.69 Å². The average molecular weight is 254 g/mol. The maximum atomic E-state index is 11.9. The van der Waals surface area contributed by atoms with Crippen molar-refractivity contribution in [3.63, 3.8) is 0 Å². The number of amides is 1. The topological polar surface area (TPSA) is 42.0 Å². The van der Waals surface area contributed by atoms with Gasteiger partial charge in [-0.15, -0.1) is 0 Å². The third-order valence-corrected chi connectivity index (χ3v) is 2.98. The molecule has 1 N–H and O–H groups in total. The van der Waals surface area contributed by atoms with Crippen LogP contribution in [0.1, 0.15) is 29.4 Å². The van der Waals surface area contributed by atoms with Crippen molar-refractivity contribution in [2.75, 3.05) is 0 Å². The van der Waals surface area contributed by atoms with Crippen molar-refractivity contribution >= 4 is 5.91 Å². The fourth-order valence-corrected chi connectivity index (χ4v) is 1.89. The molecule has 0 fully saturated rings. The van der Waals surface area contributed by atoms with Gasteiger partial charge in [0.05, 0.1) is 0 Å². The molecule has 1 atom stereocenters. The largest absolute Gasteiger partial charge is 0.348 e. The molecule has 1 aromatic carbocycles. The molecule has 1 amide bonds. The van der Waals surface area contributed by atoms with Gasteiger partial charge in [-0.25, -0.2) is 0 Å². The van der Waals surface area contributed by atoms with E-state index in [1.807, 2.05) is 31.2 Å². The smallest absolute Gasteiger partial charge is 0.270 e. The molecule has 0 bridgehead atoms. The second-order valence-electron chi connectivity index (χ2n) is 4.61. The number of aromatic nitrogens is 1. The minimum atomic E-state index is -0.110. The molecule has 0 aliphatic rings. The third-order valence-electron chi connectivity index (χ3n) is 2.98. The Morgan fingerprint density at radius 2 is 1.89 bits per heavy atom. The highest BCUT2D eigenvalue weighted by Crippen LogP contribution is 2.05. The molecule has 2 rings (SSSR count). The first-order valence-electron chi connectivity index (χ1n) is 6.51. The summed E-state index contributed by atoms with van der Waals surface area (Å²) in [6.45, 7) is 2.02. The van der Waals surface area contributed by atoms with E-state index in [9.17, 15) is 4.79 Å². The van der Waals surface area contributed by atoms with Gasteiger partial charge in [0.25, 0.3) is 5.91 Å². The molecule has 1 heterocycles. The first-order chi connectivity index (χ1) is 9.25. The summed E-state index contributed by atoms with van der Waals surface area (Å²) in [4.78, 5) is 15.9. The predicted molar refractivity (Wildman–Crippen MR) is 75.9 cm³/mol. The quantitative estimate of drug-likeness (QED) is 0.891. The van der Waals surface area contributed by atoms with E-state index in [-0.39, 0.29) is 11.9 Å². The first kappa shape index (κ1) is 13.3. The van der Waals surface area contributed by atoms with Crippen LogP contribution < -0.4 is 5.32 Å². The summed E-state index contributed by atoms with van der Waals surface area (Å²) >= 11 is 0. The van der Waals surface area contributed by atoms with Gasteiger partial charge in [-0.2, -0.15) is 0 Å². The zero-order valence-corrected chi connectivity index (χ0v) is 11.0. The van der Waals surface area contributed by atoms with E-state index in [2.05, 4.69) is 22.4 Å². The number of nitrogens with zero attached hydrogens (tertiary/aromatic N) is 1. The van der Waals surface area contributed by atoms with Gasteiger partial charge < -0.3 is 5.32 Å². The summed E-state index contributed by atoms with van der Waals surface area (Å²) in [7, 11) is 0. The van der Waals surface area contributed by atoms with Gasteiger partial charge >= 0.3 is 0 Å². The van der Waals surface area contributed by atoms with E-state index in [1.54, 1.807) is 18.3 Å². The molecule has 0 saturated carbocycles. The maximum absolute atomic E-state index is 11.9. The van der Waals surface area contributed by atoms with Crippen molar-refractivity contribution in [2.24, 2.45) is 0 Å². The molecule has 0 radical (unpaired) electrons. The number of carbonyl (C=O) groups excluding carboxylic acids is 1. The van der Waals surface area contributed by atoms with Crippen molar-refractivity contribution in [3.05, 3.63) is 66.0 Å². The number of pyridine rings is 1. The molecule has 1 aromatic heterocycles. The zero-order chi connectivity index (χ0) is 13.5. The van der Waals surface area contributed by atoms with Crippen LogP contribution in [0.5, 0.6) is 0 Å². The number of benzene rings is 1. The molecular weight excluding hydrogens is 236 g/mol. The van der Waals surface area contributed by atoms with Crippen LogP contribution in [0.25, 0.3) is 0 Å². The van der Waals surface area contributed by atoms with Crippen LogP contribution in [0.15, 0.2) is 54.7 Å². The molecular formula is C16H18N2O. The molecule has 19 heavy (non-hydrogen) atoms. The number of hydrogen-bond donors (Lipinski definition) is 1. The molecule has 1 unspecified atom stereocenters. The predicted octanol–water partition coefficient (Wildman–Crippen LogP) is 2.83. The standard InChI is InChI=1S/C16H18N2O/c1-13(10-11-14-7-3-2-4-8-14)18-16(19)15-9-5-6-12-17-15/h2-9,12-13H,10-11H2,1H3,(H,18,19). The van der Waals surface area contributed by atoms with Crippen LogP contribution in [0.2, 0.25) is 0 Å². The van der Waals surface area contributed by atoms with Gasteiger partial charge in [0.2, 0.25) is 0 Å². The van der Waals surface area contributed by atoms with Gasteiger partial charge in [-0.3, -0.25) is 9.78 Å². The summed E-state index contributed by atoms with van der Waals surface area (Å²) in [6, 6.07) is 15.8. The normalized spacial score (nSPS) is 11.8. The van der Waals surface area contributed by atoms with Crippen LogP contribution in [-0.2, 0) is 6.42 Å². The molecule has 0 aliphatic carbocycles. The maximum Gasteiger partial charge on any atom is 0.270 e. The Morgan fingerprint density at radius 3 is 2.58 bits per heavy atom. The molecule has 3 heteroatoms. The summed E-state index contributed by atoms with van der Waals surface area (Å²) in [6.07, 6.45) is 3.51. The Hall–Kier alpha value is -2.16. The third kappa shape index (κ3) is 4.21. The SMILES string of the molecule is CC(CCc1ccccc1)NC(=O)c1ccccn1. The molecule has 0 aliphatic heterocycles. The van der Waals surface area contributed by atoms with Crippen LogP contribution in [0.3, 0.4) is 0 Å². The van der Waals surface area contributed by atoms with E-state index in [0.717, 1.165) is 12.8 Å². The highest BCUT2D eigenvalue weighted by atomic mass is 16.1. The lowest BCUT2D eigenvalue weighted by atomic mass is 10.1. The van der Waals surface area contributed by atoms with Crippen LogP contribution in [0.4, 0.5) is 0 Å². The lowest BCUT2D eigenvalue weighted by molar-refractivity contribution is 0.0933. The molecule has 3 nitrogen and oxygen atoms in total. The highest BCUT2D eigenvalue weighted by Gasteiger charge is 2.10. The van der Waals surface area contributed by atoms with Crippen molar-refractivity contribution < 1.29 is 4.79 Å². The number of carbonyl (C=O) groups is 1. The molecule has 2 aromatic rings. The molecule has 0 saturated heterocycles.